The number of aromatic hydroxyl groups is 1. The van der Waals surface area contributed by atoms with Crippen molar-refractivity contribution in [3.05, 3.63) is 58.1 Å². The quantitative estimate of drug-likeness (QED) is 0.830. The molecule has 0 aliphatic rings. The van der Waals surface area contributed by atoms with Crippen molar-refractivity contribution < 1.29 is 18.3 Å². The number of benzene rings is 2. The molecule has 0 aromatic heterocycles. The number of nitrogens with one attached hydrogen (secondary N) is 1. The Balaban J connectivity index is 2.17. The number of rotatable bonds is 4. The molecular weight excluding hydrogens is 382 g/mol. The Kier molecular flexibility index (Phi) is 5.11. The van der Waals surface area contributed by atoms with E-state index in [2.05, 4.69) is 21.2 Å². The first-order chi connectivity index (χ1) is 10.7. The highest BCUT2D eigenvalue weighted by molar-refractivity contribution is 9.10. The highest BCUT2D eigenvalue weighted by atomic mass is 79.9. The summed E-state index contributed by atoms with van der Waals surface area (Å²) in [5.74, 6) is -0.520. The Morgan fingerprint density at radius 3 is 2.35 bits per heavy atom. The van der Waals surface area contributed by atoms with Crippen LogP contribution in [0.1, 0.15) is 28.9 Å². The lowest BCUT2D eigenvalue weighted by atomic mass is 10.1. The Labute approximate surface area is 143 Å². The van der Waals surface area contributed by atoms with Crippen LogP contribution in [0.15, 0.2) is 51.8 Å². The molecule has 1 amide bonds. The zero-order chi connectivity index (χ0) is 17.2. The Morgan fingerprint density at radius 2 is 1.78 bits per heavy atom. The predicted molar refractivity (Wildman–Crippen MR) is 91.2 cm³/mol. The lowest BCUT2D eigenvalue weighted by molar-refractivity contribution is 0.0937. The van der Waals surface area contributed by atoms with E-state index in [-0.39, 0.29) is 22.3 Å². The Bertz CT molecular complexity index is 832. The zero-order valence-electron chi connectivity index (χ0n) is 12.6. The maximum atomic E-state index is 12.2. The minimum absolute atomic E-state index is 0.106. The van der Waals surface area contributed by atoms with Crippen LogP contribution in [0.3, 0.4) is 0 Å². The van der Waals surface area contributed by atoms with Crippen LogP contribution in [0.5, 0.6) is 5.75 Å². The van der Waals surface area contributed by atoms with E-state index < -0.39 is 15.7 Å². The van der Waals surface area contributed by atoms with Gasteiger partial charge in [-0.3, -0.25) is 4.79 Å². The zero-order valence-corrected chi connectivity index (χ0v) is 15.0. The smallest absolute Gasteiger partial charge is 0.255 e. The van der Waals surface area contributed by atoms with E-state index in [4.69, 9.17) is 0 Å². The van der Waals surface area contributed by atoms with Gasteiger partial charge in [0.15, 0.2) is 9.84 Å². The third-order valence-corrected chi connectivity index (χ3v) is 4.98. The van der Waals surface area contributed by atoms with Gasteiger partial charge in [0.2, 0.25) is 0 Å². The molecule has 7 heteroatoms. The van der Waals surface area contributed by atoms with Crippen LogP contribution in [-0.2, 0) is 9.84 Å². The molecule has 0 fully saturated rings. The topological polar surface area (TPSA) is 83.5 Å². The molecule has 2 aromatic carbocycles. The maximum Gasteiger partial charge on any atom is 0.255 e. The molecule has 1 atom stereocenters. The van der Waals surface area contributed by atoms with Crippen molar-refractivity contribution in [2.24, 2.45) is 0 Å². The summed E-state index contributed by atoms with van der Waals surface area (Å²) < 4.78 is 23.6. The molecule has 0 aliphatic carbocycles. The highest BCUT2D eigenvalue weighted by Gasteiger charge is 2.16. The summed E-state index contributed by atoms with van der Waals surface area (Å²) in [6, 6.07) is 10.6. The van der Waals surface area contributed by atoms with Gasteiger partial charge < -0.3 is 10.4 Å². The molecule has 0 saturated heterocycles. The van der Waals surface area contributed by atoms with E-state index in [1.807, 2.05) is 0 Å². The second-order valence-electron chi connectivity index (χ2n) is 5.20. The van der Waals surface area contributed by atoms with Crippen molar-refractivity contribution in [1.29, 1.82) is 0 Å². The molecule has 0 spiro atoms. The van der Waals surface area contributed by atoms with E-state index in [9.17, 15) is 18.3 Å². The number of phenols is 1. The molecule has 0 aliphatic heterocycles. The van der Waals surface area contributed by atoms with Crippen molar-refractivity contribution in [2.45, 2.75) is 17.9 Å². The van der Waals surface area contributed by atoms with Crippen molar-refractivity contribution in [3.63, 3.8) is 0 Å². The molecule has 0 unspecified atom stereocenters. The van der Waals surface area contributed by atoms with Crippen LogP contribution in [0, 0.1) is 0 Å². The number of hydrogen-bond acceptors (Lipinski definition) is 4. The molecule has 2 aromatic rings. The van der Waals surface area contributed by atoms with E-state index in [0.717, 1.165) is 11.8 Å². The highest BCUT2D eigenvalue weighted by Crippen LogP contribution is 2.23. The van der Waals surface area contributed by atoms with Gasteiger partial charge in [0.1, 0.15) is 5.75 Å². The second kappa shape index (κ2) is 6.72. The van der Waals surface area contributed by atoms with E-state index in [1.165, 1.54) is 24.3 Å². The number of amides is 1. The number of carbonyl (C=O) groups excluding carboxylic acids is 1. The summed E-state index contributed by atoms with van der Waals surface area (Å²) in [4.78, 5) is 12.5. The molecule has 5 nitrogen and oxygen atoms in total. The van der Waals surface area contributed by atoms with E-state index >= 15 is 0 Å². The van der Waals surface area contributed by atoms with Crippen LogP contribution in [0.4, 0.5) is 0 Å². The van der Waals surface area contributed by atoms with Gasteiger partial charge in [-0.15, -0.1) is 0 Å². The summed E-state index contributed by atoms with van der Waals surface area (Å²) in [5.41, 5.74) is 0.930. The standard InChI is InChI=1S/C16H16BrNO4S/c1-10(11-3-6-13(7-4-11)23(2,21)22)18-16(20)14-9-12(17)5-8-15(14)19/h3-10,19H,1-2H3,(H,18,20)/t10-/m0/s1. The monoisotopic (exact) mass is 397 g/mol. The van der Waals surface area contributed by atoms with Gasteiger partial charge in [0.05, 0.1) is 16.5 Å². The minimum atomic E-state index is -3.25. The summed E-state index contributed by atoms with van der Waals surface area (Å²) in [7, 11) is -3.25. The Morgan fingerprint density at radius 1 is 1.17 bits per heavy atom. The number of phenolic OH excluding ortho intramolecular Hbond substituents is 1. The molecule has 2 rings (SSSR count). The van der Waals surface area contributed by atoms with Crippen molar-refractivity contribution in [1.82, 2.24) is 5.32 Å². The molecule has 0 bridgehead atoms. The number of hydrogen-bond donors (Lipinski definition) is 2. The third kappa shape index (κ3) is 4.33. The van der Waals surface area contributed by atoms with Crippen LogP contribution < -0.4 is 5.32 Å². The van der Waals surface area contributed by atoms with Crippen LogP contribution in [0.25, 0.3) is 0 Å². The summed E-state index contributed by atoms with van der Waals surface area (Å²) in [6.45, 7) is 1.78. The van der Waals surface area contributed by atoms with Crippen LogP contribution >= 0.6 is 15.9 Å². The van der Waals surface area contributed by atoms with Crippen molar-refractivity contribution >= 4 is 31.7 Å². The lowest BCUT2D eigenvalue weighted by Crippen LogP contribution is -2.26. The molecule has 0 saturated carbocycles. The summed E-state index contributed by atoms with van der Waals surface area (Å²) in [6.07, 6.45) is 1.14. The fourth-order valence-electron chi connectivity index (χ4n) is 2.05. The minimum Gasteiger partial charge on any atom is -0.507 e. The normalized spacial score (nSPS) is 12.7. The second-order valence-corrected chi connectivity index (χ2v) is 8.13. The van der Waals surface area contributed by atoms with Crippen LogP contribution in [-0.4, -0.2) is 25.7 Å². The first kappa shape index (κ1) is 17.5. The van der Waals surface area contributed by atoms with Crippen molar-refractivity contribution in [2.75, 3.05) is 6.26 Å². The maximum absolute atomic E-state index is 12.2. The number of halogens is 1. The molecule has 0 heterocycles. The van der Waals surface area contributed by atoms with Gasteiger partial charge in [0.25, 0.3) is 5.91 Å². The molecule has 122 valence electrons. The average molecular weight is 398 g/mol. The average Bonchev–Trinajstić information content (AvgIpc) is 2.48. The van der Waals surface area contributed by atoms with Gasteiger partial charge >= 0.3 is 0 Å². The Hall–Kier alpha value is -1.86. The van der Waals surface area contributed by atoms with Crippen molar-refractivity contribution in [3.8, 4) is 5.75 Å². The fraction of sp³-hybridized carbons (Fsp3) is 0.188. The van der Waals surface area contributed by atoms with Crippen LogP contribution in [0.2, 0.25) is 0 Å². The molecule has 23 heavy (non-hydrogen) atoms. The number of sulfone groups is 1. The predicted octanol–water partition coefficient (Wildman–Crippen LogP) is 3.05. The van der Waals surface area contributed by atoms with Gasteiger partial charge in [-0.1, -0.05) is 28.1 Å². The molecule has 2 N–H and O–H groups in total. The molecular formula is C16H16BrNO4S. The van der Waals surface area contributed by atoms with E-state index in [0.29, 0.717) is 4.47 Å². The lowest BCUT2D eigenvalue weighted by Gasteiger charge is -2.15. The SMILES string of the molecule is C[C@H](NC(=O)c1cc(Br)ccc1O)c1ccc(S(C)(=O)=O)cc1. The fourth-order valence-corrected chi connectivity index (χ4v) is 3.04. The first-order valence-electron chi connectivity index (χ1n) is 6.78. The number of carbonyl (C=O) groups is 1. The first-order valence-corrected chi connectivity index (χ1v) is 9.46. The van der Waals surface area contributed by atoms with Gasteiger partial charge in [-0.05, 0) is 42.8 Å². The van der Waals surface area contributed by atoms with Gasteiger partial charge in [0, 0.05) is 10.7 Å². The third-order valence-electron chi connectivity index (χ3n) is 3.36. The molecule has 0 radical (unpaired) electrons. The van der Waals surface area contributed by atoms with Gasteiger partial charge in [-0.2, -0.15) is 0 Å². The summed E-state index contributed by atoms with van der Waals surface area (Å²) in [5, 5.41) is 12.5. The summed E-state index contributed by atoms with van der Waals surface area (Å²) >= 11 is 3.25. The van der Waals surface area contributed by atoms with Gasteiger partial charge in [-0.25, -0.2) is 8.42 Å². The largest absolute Gasteiger partial charge is 0.507 e. The van der Waals surface area contributed by atoms with E-state index in [1.54, 1.807) is 25.1 Å².